The summed E-state index contributed by atoms with van der Waals surface area (Å²) < 4.78 is 0. The van der Waals surface area contributed by atoms with Gasteiger partial charge < -0.3 is 16.2 Å². The fourth-order valence-corrected chi connectivity index (χ4v) is 2.83. The zero-order chi connectivity index (χ0) is 13.7. The van der Waals surface area contributed by atoms with E-state index in [1.165, 1.54) is 24.6 Å². The first-order chi connectivity index (χ1) is 9.11. The molecule has 0 aromatic carbocycles. The summed E-state index contributed by atoms with van der Waals surface area (Å²) in [7, 11) is 0. The third-order valence-corrected chi connectivity index (χ3v) is 4.09. The Morgan fingerprint density at radius 2 is 2.00 bits per heavy atom. The highest BCUT2D eigenvalue weighted by Crippen LogP contribution is 2.27. The van der Waals surface area contributed by atoms with Crippen molar-refractivity contribution in [2.24, 2.45) is 0 Å². The van der Waals surface area contributed by atoms with Crippen LogP contribution in [0.5, 0.6) is 0 Å². The van der Waals surface area contributed by atoms with Crippen molar-refractivity contribution in [2.75, 3.05) is 23.9 Å². The number of nitrogens with one attached hydrogen (secondary N) is 1. The van der Waals surface area contributed by atoms with Crippen molar-refractivity contribution in [1.29, 1.82) is 0 Å². The van der Waals surface area contributed by atoms with E-state index >= 15 is 0 Å². The Labute approximate surface area is 118 Å². The van der Waals surface area contributed by atoms with Gasteiger partial charge in [-0.3, -0.25) is 0 Å². The zero-order valence-electron chi connectivity index (χ0n) is 11.4. The van der Waals surface area contributed by atoms with Gasteiger partial charge in [0.25, 0.3) is 0 Å². The Morgan fingerprint density at radius 1 is 1.32 bits per heavy atom. The summed E-state index contributed by atoms with van der Waals surface area (Å²) in [4.78, 5) is 8.45. The van der Waals surface area contributed by atoms with E-state index in [0.29, 0.717) is 23.3 Å². The molecule has 0 amide bonds. The lowest BCUT2D eigenvalue weighted by molar-refractivity contribution is 0.0380. The molecule has 5 nitrogen and oxygen atoms in total. The second-order valence-electron chi connectivity index (χ2n) is 5.16. The average molecular weight is 282 g/mol. The Kier molecular flexibility index (Phi) is 4.87. The maximum absolute atomic E-state index is 10.6. The quantitative estimate of drug-likeness (QED) is 0.446. The fraction of sp³-hybridized carbons (Fsp3) is 0.692. The van der Waals surface area contributed by atoms with Crippen molar-refractivity contribution < 1.29 is 5.11 Å². The molecule has 1 saturated carbocycles. The predicted molar refractivity (Wildman–Crippen MR) is 79.4 cm³/mol. The van der Waals surface area contributed by atoms with E-state index in [-0.39, 0.29) is 0 Å². The summed E-state index contributed by atoms with van der Waals surface area (Å²) >= 11 is 1.46. The Morgan fingerprint density at radius 3 is 2.63 bits per heavy atom. The standard InChI is InChI=1S/C13H22N4OS/c1-19-12-16-10(14)8-11(17-12)15-9-13(18)6-4-2-3-5-7-13/h8,18H,2-7,9H2,1H3,(H3,14,15,16,17). The number of nitrogens with two attached hydrogens (primary N) is 1. The Balaban J connectivity index is 1.99. The average Bonchev–Trinajstić information content (AvgIpc) is 2.61. The van der Waals surface area contributed by atoms with Gasteiger partial charge in [0.15, 0.2) is 5.16 Å². The molecule has 1 aromatic rings. The molecule has 1 fully saturated rings. The number of anilines is 2. The van der Waals surface area contributed by atoms with Crippen molar-refractivity contribution in [3.63, 3.8) is 0 Å². The number of thioether (sulfide) groups is 1. The lowest BCUT2D eigenvalue weighted by Gasteiger charge is -2.27. The molecule has 0 saturated heterocycles. The summed E-state index contributed by atoms with van der Waals surface area (Å²) in [6.07, 6.45) is 8.27. The third-order valence-electron chi connectivity index (χ3n) is 3.54. The molecule has 6 heteroatoms. The maximum atomic E-state index is 10.6. The first-order valence-electron chi connectivity index (χ1n) is 6.76. The minimum absolute atomic E-state index is 0.453. The Bertz CT molecular complexity index is 419. The highest BCUT2D eigenvalue weighted by atomic mass is 32.2. The van der Waals surface area contributed by atoms with Gasteiger partial charge in [-0.05, 0) is 19.1 Å². The zero-order valence-corrected chi connectivity index (χ0v) is 12.2. The predicted octanol–water partition coefficient (Wildman–Crippen LogP) is 2.28. The molecule has 1 aliphatic carbocycles. The van der Waals surface area contributed by atoms with Crippen LogP contribution < -0.4 is 11.1 Å². The number of nitrogens with zero attached hydrogens (tertiary/aromatic N) is 2. The summed E-state index contributed by atoms with van der Waals surface area (Å²) in [5, 5.41) is 14.4. The third kappa shape index (κ3) is 4.24. The van der Waals surface area contributed by atoms with Crippen LogP contribution in [-0.2, 0) is 0 Å². The topological polar surface area (TPSA) is 84.1 Å². The lowest BCUT2D eigenvalue weighted by Crippen LogP contribution is -2.36. The molecule has 0 atom stereocenters. The van der Waals surface area contributed by atoms with Gasteiger partial charge in [0.1, 0.15) is 11.6 Å². The number of aromatic nitrogens is 2. The molecule has 4 N–H and O–H groups in total. The van der Waals surface area contributed by atoms with Gasteiger partial charge in [-0.2, -0.15) is 0 Å². The minimum atomic E-state index is -0.615. The van der Waals surface area contributed by atoms with E-state index in [0.717, 1.165) is 25.7 Å². The smallest absolute Gasteiger partial charge is 0.191 e. The number of rotatable bonds is 4. The van der Waals surface area contributed by atoms with Crippen molar-refractivity contribution in [2.45, 2.75) is 49.3 Å². The molecular weight excluding hydrogens is 260 g/mol. The molecule has 19 heavy (non-hydrogen) atoms. The fourth-order valence-electron chi connectivity index (χ4n) is 2.44. The highest BCUT2D eigenvalue weighted by Gasteiger charge is 2.27. The molecule has 0 radical (unpaired) electrons. The van der Waals surface area contributed by atoms with Gasteiger partial charge >= 0.3 is 0 Å². The van der Waals surface area contributed by atoms with E-state index in [1.807, 2.05) is 6.26 Å². The summed E-state index contributed by atoms with van der Waals surface area (Å²) in [6.45, 7) is 0.525. The van der Waals surface area contributed by atoms with Gasteiger partial charge in [0, 0.05) is 12.6 Å². The monoisotopic (exact) mass is 282 g/mol. The first kappa shape index (κ1) is 14.4. The van der Waals surface area contributed by atoms with Crippen LogP contribution in [0.3, 0.4) is 0 Å². The van der Waals surface area contributed by atoms with Gasteiger partial charge in [-0.25, -0.2) is 9.97 Å². The van der Waals surface area contributed by atoms with E-state index < -0.39 is 5.60 Å². The second-order valence-corrected chi connectivity index (χ2v) is 5.93. The minimum Gasteiger partial charge on any atom is -0.388 e. The molecule has 0 unspecified atom stereocenters. The Hall–Kier alpha value is -1.01. The molecule has 1 heterocycles. The number of aliphatic hydroxyl groups is 1. The highest BCUT2D eigenvalue weighted by molar-refractivity contribution is 7.98. The van der Waals surface area contributed by atoms with Crippen LogP contribution in [0.2, 0.25) is 0 Å². The molecule has 0 aliphatic heterocycles. The van der Waals surface area contributed by atoms with Gasteiger partial charge in [-0.1, -0.05) is 37.4 Å². The molecule has 106 valence electrons. The van der Waals surface area contributed by atoms with E-state index in [9.17, 15) is 5.11 Å². The summed E-state index contributed by atoms with van der Waals surface area (Å²) in [5.74, 6) is 1.14. The van der Waals surface area contributed by atoms with E-state index in [2.05, 4.69) is 15.3 Å². The molecule has 1 aromatic heterocycles. The maximum Gasteiger partial charge on any atom is 0.191 e. The summed E-state index contributed by atoms with van der Waals surface area (Å²) in [6, 6.07) is 1.71. The van der Waals surface area contributed by atoms with Crippen LogP contribution in [0, 0.1) is 0 Å². The molecule has 0 bridgehead atoms. The number of nitrogen functional groups attached to an aromatic ring is 1. The SMILES string of the molecule is CSc1nc(N)cc(NCC2(O)CCCCCC2)n1. The molecule has 0 spiro atoms. The number of hydrogen-bond donors (Lipinski definition) is 3. The first-order valence-corrected chi connectivity index (χ1v) is 7.99. The van der Waals surface area contributed by atoms with Crippen molar-refractivity contribution in [3.8, 4) is 0 Å². The van der Waals surface area contributed by atoms with Gasteiger partial charge in [-0.15, -0.1) is 0 Å². The van der Waals surface area contributed by atoms with Crippen LogP contribution in [0.25, 0.3) is 0 Å². The van der Waals surface area contributed by atoms with Crippen LogP contribution >= 0.6 is 11.8 Å². The molecular formula is C13H22N4OS. The lowest BCUT2D eigenvalue weighted by atomic mass is 9.94. The summed E-state index contributed by atoms with van der Waals surface area (Å²) in [5.41, 5.74) is 5.12. The van der Waals surface area contributed by atoms with Crippen molar-refractivity contribution in [3.05, 3.63) is 6.07 Å². The number of hydrogen-bond acceptors (Lipinski definition) is 6. The van der Waals surface area contributed by atoms with Crippen LogP contribution in [0.4, 0.5) is 11.6 Å². The van der Waals surface area contributed by atoms with Crippen LogP contribution in [0.1, 0.15) is 38.5 Å². The van der Waals surface area contributed by atoms with E-state index in [4.69, 9.17) is 5.73 Å². The van der Waals surface area contributed by atoms with Crippen molar-refractivity contribution >= 4 is 23.4 Å². The van der Waals surface area contributed by atoms with Crippen molar-refractivity contribution in [1.82, 2.24) is 9.97 Å². The van der Waals surface area contributed by atoms with E-state index in [1.54, 1.807) is 6.07 Å². The molecule has 1 aliphatic rings. The van der Waals surface area contributed by atoms with Gasteiger partial charge in [0.2, 0.25) is 0 Å². The van der Waals surface area contributed by atoms with Crippen LogP contribution in [0.15, 0.2) is 11.2 Å². The van der Waals surface area contributed by atoms with Crippen LogP contribution in [-0.4, -0.2) is 33.5 Å². The largest absolute Gasteiger partial charge is 0.388 e. The normalized spacial score (nSPS) is 18.8. The van der Waals surface area contributed by atoms with Gasteiger partial charge in [0.05, 0.1) is 5.60 Å². The molecule has 2 rings (SSSR count). The second kappa shape index (κ2) is 6.43.